The molecular weight excluding hydrogens is 247 g/mol. The molecule has 1 aromatic heterocycles. The van der Waals surface area contributed by atoms with Gasteiger partial charge in [-0.15, -0.1) is 0 Å². The molecule has 1 unspecified atom stereocenters. The van der Waals surface area contributed by atoms with Crippen molar-refractivity contribution in [2.45, 2.75) is 29.2 Å². The minimum Gasteiger partial charge on any atom is -0.323 e. The first kappa shape index (κ1) is 13.1. The van der Waals surface area contributed by atoms with Gasteiger partial charge in [-0.2, -0.15) is 0 Å². The van der Waals surface area contributed by atoms with E-state index in [1.807, 2.05) is 25.1 Å². The average molecular weight is 262 g/mol. The van der Waals surface area contributed by atoms with Gasteiger partial charge in [-0.3, -0.25) is 4.98 Å². The fraction of sp³-hybridized carbons (Fsp3) is 0.214. The lowest BCUT2D eigenvalue weighted by molar-refractivity contribution is 0.624. The Hall–Kier alpha value is -1.39. The van der Waals surface area contributed by atoms with E-state index >= 15 is 0 Å². The van der Waals surface area contributed by atoms with E-state index in [-0.39, 0.29) is 11.9 Å². The Balaban J connectivity index is 2.11. The molecule has 0 fully saturated rings. The molecule has 1 aromatic carbocycles. The van der Waals surface area contributed by atoms with Crippen LogP contribution in [0.5, 0.6) is 0 Å². The molecule has 2 rings (SSSR count). The topological polar surface area (TPSA) is 38.9 Å². The van der Waals surface area contributed by atoms with Gasteiger partial charge in [0.25, 0.3) is 0 Å². The first-order valence-corrected chi connectivity index (χ1v) is 6.65. The molecule has 0 amide bonds. The quantitative estimate of drug-likeness (QED) is 0.911. The van der Waals surface area contributed by atoms with E-state index in [4.69, 9.17) is 5.73 Å². The molecule has 0 saturated carbocycles. The van der Waals surface area contributed by atoms with Crippen LogP contribution in [0, 0.1) is 5.82 Å². The minimum atomic E-state index is -0.224. The molecule has 0 radical (unpaired) electrons. The molecule has 18 heavy (non-hydrogen) atoms. The summed E-state index contributed by atoms with van der Waals surface area (Å²) in [5, 5.41) is 0. The normalized spacial score (nSPS) is 12.4. The summed E-state index contributed by atoms with van der Waals surface area (Å²) in [5.74, 6) is -0.224. The van der Waals surface area contributed by atoms with Gasteiger partial charge in [-0.05, 0) is 36.8 Å². The third-order valence-corrected chi connectivity index (χ3v) is 3.58. The van der Waals surface area contributed by atoms with Crippen molar-refractivity contribution >= 4 is 11.8 Å². The van der Waals surface area contributed by atoms with Gasteiger partial charge < -0.3 is 5.73 Å². The zero-order valence-electron chi connectivity index (χ0n) is 10.1. The molecule has 0 aliphatic rings. The third kappa shape index (κ3) is 3.31. The fourth-order valence-corrected chi connectivity index (χ4v) is 2.38. The standard InChI is InChI=1S/C14H15FN2S/c1-2-13(16)14-7-6-12(9-17-14)18-11-5-3-4-10(15)8-11/h3-9,13H,2,16H2,1H3. The summed E-state index contributed by atoms with van der Waals surface area (Å²) < 4.78 is 13.0. The van der Waals surface area contributed by atoms with E-state index in [0.717, 1.165) is 21.9 Å². The maximum atomic E-state index is 13.0. The predicted octanol–water partition coefficient (Wildman–Crippen LogP) is 3.78. The number of nitrogens with zero attached hydrogens (tertiary/aromatic N) is 1. The molecule has 0 aliphatic carbocycles. The van der Waals surface area contributed by atoms with E-state index in [0.29, 0.717) is 0 Å². The molecule has 0 bridgehead atoms. The first-order valence-electron chi connectivity index (χ1n) is 5.84. The third-order valence-electron chi connectivity index (χ3n) is 2.61. The first-order chi connectivity index (χ1) is 8.69. The number of nitrogens with two attached hydrogens (primary N) is 1. The van der Waals surface area contributed by atoms with Crippen molar-refractivity contribution in [3.05, 3.63) is 54.1 Å². The Bertz CT molecular complexity index is 513. The zero-order chi connectivity index (χ0) is 13.0. The van der Waals surface area contributed by atoms with Gasteiger partial charge in [0, 0.05) is 22.0 Å². The van der Waals surface area contributed by atoms with Crippen molar-refractivity contribution < 1.29 is 4.39 Å². The summed E-state index contributed by atoms with van der Waals surface area (Å²) in [6.07, 6.45) is 2.64. The Kier molecular flexibility index (Phi) is 4.33. The number of hydrogen-bond acceptors (Lipinski definition) is 3. The van der Waals surface area contributed by atoms with Crippen LogP contribution in [0.1, 0.15) is 25.1 Å². The Morgan fingerprint density at radius 2 is 2.11 bits per heavy atom. The summed E-state index contributed by atoms with van der Waals surface area (Å²) in [7, 11) is 0. The molecule has 2 aromatic rings. The average Bonchev–Trinajstić information content (AvgIpc) is 2.39. The summed E-state index contributed by atoms with van der Waals surface area (Å²) in [6.45, 7) is 2.03. The van der Waals surface area contributed by atoms with Gasteiger partial charge >= 0.3 is 0 Å². The molecular formula is C14H15FN2S. The minimum absolute atomic E-state index is 0.0155. The van der Waals surface area contributed by atoms with Crippen LogP contribution < -0.4 is 5.73 Å². The van der Waals surface area contributed by atoms with E-state index in [2.05, 4.69) is 4.98 Å². The van der Waals surface area contributed by atoms with Gasteiger partial charge in [0.15, 0.2) is 0 Å². The summed E-state index contributed by atoms with van der Waals surface area (Å²) >= 11 is 1.49. The zero-order valence-corrected chi connectivity index (χ0v) is 11.0. The summed E-state index contributed by atoms with van der Waals surface area (Å²) in [4.78, 5) is 6.17. The fourth-order valence-electron chi connectivity index (χ4n) is 1.55. The molecule has 2 N–H and O–H groups in total. The van der Waals surface area contributed by atoms with Crippen molar-refractivity contribution in [3.8, 4) is 0 Å². The highest BCUT2D eigenvalue weighted by Gasteiger charge is 2.05. The van der Waals surface area contributed by atoms with Crippen LogP contribution in [0.4, 0.5) is 4.39 Å². The SMILES string of the molecule is CCC(N)c1ccc(Sc2cccc(F)c2)cn1. The van der Waals surface area contributed by atoms with Gasteiger partial charge in [-0.25, -0.2) is 4.39 Å². The number of hydrogen-bond donors (Lipinski definition) is 1. The molecule has 0 spiro atoms. The second kappa shape index (κ2) is 5.98. The Morgan fingerprint density at radius 3 is 2.72 bits per heavy atom. The maximum Gasteiger partial charge on any atom is 0.124 e. The van der Waals surface area contributed by atoms with E-state index in [1.165, 1.54) is 23.9 Å². The number of halogens is 1. The van der Waals surface area contributed by atoms with Crippen molar-refractivity contribution in [2.75, 3.05) is 0 Å². The molecule has 2 nitrogen and oxygen atoms in total. The molecule has 1 heterocycles. The molecule has 0 aliphatic heterocycles. The Morgan fingerprint density at radius 1 is 1.28 bits per heavy atom. The van der Waals surface area contributed by atoms with Crippen LogP contribution in [-0.2, 0) is 0 Å². The number of benzene rings is 1. The maximum absolute atomic E-state index is 13.0. The van der Waals surface area contributed by atoms with Gasteiger partial charge in [0.2, 0.25) is 0 Å². The highest BCUT2D eigenvalue weighted by atomic mass is 32.2. The van der Waals surface area contributed by atoms with Crippen LogP contribution in [-0.4, -0.2) is 4.98 Å². The lowest BCUT2D eigenvalue weighted by Crippen LogP contribution is -2.10. The molecule has 4 heteroatoms. The van der Waals surface area contributed by atoms with Crippen LogP contribution in [0.3, 0.4) is 0 Å². The van der Waals surface area contributed by atoms with E-state index in [1.54, 1.807) is 12.3 Å². The highest BCUT2D eigenvalue weighted by molar-refractivity contribution is 7.99. The van der Waals surface area contributed by atoms with Crippen LogP contribution in [0.2, 0.25) is 0 Å². The second-order valence-corrected chi connectivity index (χ2v) is 5.14. The monoisotopic (exact) mass is 262 g/mol. The van der Waals surface area contributed by atoms with Gasteiger partial charge in [-0.1, -0.05) is 24.8 Å². The van der Waals surface area contributed by atoms with Gasteiger partial charge in [0.05, 0.1) is 5.69 Å². The lowest BCUT2D eigenvalue weighted by atomic mass is 10.1. The second-order valence-electron chi connectivity index (χ2n) is 3.99. The van der Waals surface area contributed by atoms with E-state index < -0.39 is 0 Å². The number of pyridine rings is 1. The van der Waals surface area contributed by atoms with Crippen LogP contribution in [0.15, 0.2) is 52.4 Å². The number of aromatic nitrogens is 1. The van der Waals surface area contributed by atoms with Crippen molar-refractivity contribution in [3.63, 3.8) is 0 Å². The van der Waals surface area contributed by atoms with Crippen LogP contribution >= 0.6 is 11.8 Å². The summed E-state index contributed by atoms with van der Waals surface area (Å²) in [5.41, 5.74) is 6.79. The van der Waals surface area contributed by atoms with Crippen molar-refractivity contribution in [1.82, 2.24) is 4.98 Å². The van der Waals surface area contributed by atoms with Crippen molar-refractivity contribution in [1.29, 1.82) is 0 Å². The van der Waals surface area contributed by atoms with Crippen LogP contribution in [0.25, 0.3) is 0 Å². The summed E-state index contributed by atoms with van der Waals surface area (Å²) in [6, 6.07) is 10.4. The Labute approximate surface area is 110 Å². The highest BCUT2D eigenvalue weighted by Crippen LogP contribution is 2.27. The molecule has 0 saturated heterocycles. The largest absolute Gasteiger partial charge is 0.323 e. The molecule has 1 atom stereocenters. The predicted molar refractivity (Wildman–Crippen MR) is 72.0 cm³/mol. The van der Waals surface area contributed by atoms with Crippen molar-refractivity contribution in [2.24, 2.45) is 5.73 Å². The smallest absolute Gasteiger partial charge is 0.124 e. The number of rotatable bonds is 4. The molecule has 94 valence electrons. The lowest BCUT2D eigenvalue weighted by Gasteiger charge is -2.08. The van der Waals surface area contributed by atoms with Gasteiger partial charge in [0.1, 0.15) is 5.82 Å². The van der Waals surface area contributed by atoms with E-state index in [9.17, 15) is 4.39 Å².